The highest BCUT2D eigenvalue weighted by molar-refractivity contribution is 5.89. The molecule has 1 fully saturated rings. The van der Waals surface area contributed by atoms with Gasteiger partial charge in [-0.05, 0) is 37.1 Å². The average molecular weight is 326 g/mol. The van der Waals surface area contributed by atoms with Crippen molar-refractivity contribution in [3.63, 3.8) is 0 Å². The maximum atomic E-state index is 12.0. The highest BCUT2D eigenvalue weighted by atomic mass is 16.5. The molecule has 3 rings (SSSR count). The van der Waals surface area contributed by atoms with Crippen LogP contribution in [0.4, 0.5) is 16.2 Å². The lowest BCUT2D eigenvalue weighted by Crippen LogP contribution is -2.46. The number of nitrogens with one attached hydrogen (secondary N) is 2. The number of piperidine rings is 1. The molecule has 1 aliphatic heterocycles. The van der Waals surface area contributed by atoms with Crippen LogP contribution in [0.5, 0.6) is 5.75 Å². The zero-order valence-corrected chi connectivity index (χ0v) is 13.7. The molecule has 2 aromatic rings. The number of hydrogen-bond acceptors (Lipinski definition) is 4. The van der Waals surface area contributed by atoms with Gasteiger partial charge >= 0.3 is 6.03 Å². The number of rotatable bonds is 4. The summed E-state index contributed by atoms with van der Waals surface area (Å²) in [7, 11) is 1.69. The minimum Gasteiger partial charge on any atom is -0.495 e. The van der Waals surface area contributed by atoms with Crippen molar-refractivity contribution in [2.24, 2.45) is 0 Å². The maximum absolute atomic E-state index is 12.0. The van der Waals surface area contributed by atoms with E-state index in [1.54, 1.807) is 25.6 Å². The summed E-state index contributed by atoms with van der Waals surface area (Å²) in [6, 6.07) is 11.6. The van der Waals surface area contributed by atoms with Crippen LogP contribution in [-0.2, 0) is 0 Å². The van der Waals surface area contributed by atoms with Gasteiger partial charge in [0.05, 0.1) is 24.7 Å². The topological polar surface area (TPSA) is 66.5 Å². The van der Waals surface area contributed by atoms with Crippen LogP contribution in [0.2, 0.25) is 0 Å². The van der Waals surface area contributed by atoms with Crippen molar-refractivity contribution < 1.29 is 9.53 Å². The molecule has 1 aromatic carbocycles. The molecule has 1 aliphatic rings. The average Bonchev–Trinajstić information content (AvgIpc) is 2.63. The predicted molar refractivity (Wildman–Crippen MR) is 94.6 cm³/mol. The van der Waals surface area contributed by atoms with Crippen LogP contribution in [0.1, 0.15) is 12.8 Å². The van der Waals surface area contributed by atoms with Gasteiger partial charge in [-0.25, -0.2) is 4.79 Å². The molecule has 6 heteroatoms. The number of aromatic nitrogens is 1. The third-order valence-electron chi connectivity index (χ3n) is 4.18. The first-order valence-corrected chi connectivity index (χ1v) is 8.12. The van der Waals surface area contributed by atoms with Crippen molar-refractivity contribution in [2.45, 2.75) is 18.9 Å². The first kappa shape index (κ1) is 16.1. The van der Waals surface area contributed by atoms with Crippen LogP contribution in [0.25, 0.3) is 0 Å². The Morgan fingerprint density at radius 1 is 1.21 bits per heavy atom. The van der Waals surface area contributed by atoms with Crippen molar-refractivity contribution in [1.82, 2.24) is 10.3 Å². The number of benzene rings is 1. The van der Waals surface area contributed by atoms with E-state index in [1.165, 1.54) is 0 Å². The van der Waals surface area contributed by atoms with E-state index in [1.807, 2.05) is 24.3 Å². The Kier molecular flexibility index (Phi) is 5.15. The zero-order valence-electron chi connectivity index (χ0n) is 13.7. The molecule has 0 spiro atoms. The van der Waals surface area contributed by atoms with Crippen LogP contribution >= 0.6 is 0 Å². The first-order chi connectivity index (χ1) is 11.8. The molecule has 1 aromatic heterocycles. The van der Waals surface area contributed by atoms with Crippen molar-refractivity contribution >= 4 is 17.4 Å². The third-order valence-corrected chi connectivity index (χ3v) is 4.18. The second kappa shape index (κ2) is 7.68. The predicted octanol–water partition coefficient (Wildman–Crippen LogP) is 2.88. The van der Waals surface area contributed by atoms with Crippen molar-refractivity contribution in [1.29, 1.82) is 0 Å². The van der Waals surface area contributed by atoms with Crippen LogP contribution in [0.15, 0.2) is 48.8 Å². The summed E-state index contributed by atoms with van der Waals surface area (Å²) < 4.78 is 5.43. The molecule has 2 N–H and O–H groups in total. The fourth-order valence-electron chi connectivity index (χ4n) is 2.95. The minimum atomic E-state index is -0.182. The minimum absolute atomic E-state index is 0.174. The van der Waals surface area contributed by atoms with Crippen molar-refractivity contribution in [3.05, 3.63) is 48.8 Å². The molecule has 0 saturated carbocycles. The quantitative estimate of drug-likeness (QED) is 0.907. The number of para-hydroxylation sites is 2. The van der Waals surface area contributed by atoms with Gasteiger partial charge < -0.3 is 20.3 Å². The standard InChI is InChI=1S/C18H22N4O2/c1-24-17-7-3-2-6-16(17)22-11-8-14(9-12-22)20-18(23)21-15-5-4-10-19-13-15/h2-7,10,13-14H,8-9,11-12H2,1H3,(H2,20,21,23). The number of ether oxygens (including phenoxy) is 1. The van der Waals surface area contributed by atoms with Crippen molar-refractivity contribution in [3.8, 4) is 5.75 Å². The summed E-state index contributed by atoms with van der Waals surface area (Å²) in [5.41, 5.74) is 1.81. The van der Waals surface area contributed by atoms with Gasteiger partial charge in [0.1, 0.15) is 5.75 Å². The molecule has 2 amide bonds. The molecular weight excluding hydrogens is 304 g/mol. The van der Waals surface area contributed by atoms with Crippen LogP contribution in [0.3, 0.4) is 0 Å². The molecule has 1 saturated heterocycles. The zero-order chi connectivity index (χ0) is 16.8. The second-order valence-electron chi connectivity index (χ2n) is 5.77. The van der Waals surface area contributed by atoms with Gasteiger partial charge in [-0.1, -0.05) is 12.1 Å². The Bertz CT molecular complexity index is 670. The maximum Gasteiger partial charge on any atom is 0.319 e. The number of anilines is 2. The summed E-state index contributed by atoms with van der Waals surface area (Å²) in [4.78, 5) is 18.3. The monoisotopic (exact) mass is 326 g/mol. The van der Waals surface area contributed by atoms with E-state index in [2.05, 4.69) is 26.6 Å². The SMILES string of the molecule is COc1ccccc1N1CCC(NC(=O)Nc2cccnc2)CC1. The van der Waals surface area contributed by atoms with E-state index >= 15 is 0 Å². The summed E-state index contributed by atoms with van der Waals surface area (Å²) in [6.45, 7) is 1.77. The molecule has 126 valence electrons. The Hall–Kier alpha value is -2.76. The number of nitrogens with zero attached hydrogens (tertiary/aromatic N) is 2. The Balaban J connectivity index is 1.51. The Morgan fingerprint density at radius 2 is 2.00 bits per heavy atom. The van der Waals surface area contributed by atoms with Crippen molar-refractivity contribution in [2.75, 3.05) is 30.4 Å². The highest BCUT2D eigenvalue weighted by Gasteiger charge is 2.22. The van der Waals surface area contributed by atoms with Gasteiger partial charge in [-0.15, -0.1) is 0 Å². The normalized spacial score (nSPS) is 15.0. The number of pyridine rings is 1. The summed E-state index contributed by atoms with van der Waals surface area (Å²) >= 11 is 0. The number of carbonyl (C=O) groups is 1. The Morgan fingerprint density at radius 3 is 2.71 bits per heavy atom. The summed E-state index contributed by atoms with van der Waals surface area (Å²) in [6.07, 6.45) is 5.11. The molecule has 24 heavy (non-hydrogen) atoms. The number of amides is 2. The van der Waals surface area contributed by atoms with E-state index in [0.717, 1.165) is 37.4 Å². The van der Waals surface area contributed by atoms with E-state index < -0.39 is 0 Å². The number of carbonyl (C=O) groups excluding carboxylic acids is 1. The van der Waals surface area contributed by atoms with E-state index in [-0.39, 0.29) is 12.1 Å². The first-order valence-electron chi connectivity index (χ1n) is 8.12. The van der Waals surface area contributed by atoms with Gasteiger partial charge in [0.2, 0.25) is 0 Å². The number of methoxy groups -OCH3 is 1. The molecular formula is C18H22N4O2. The molecule has 0 aliphatic carbocycles. The van der Waals surface area contributed by atoms with Crippen LogP contribution < -0.4 is 20.3 Å². The van der Waals surface area contributed by atoms with E-state index in [9.17, 15) is 4.79 Å². The molecule has 0 radical (unpaired) electrons. The summed E-state index contributed by atoms with van der Waals surface area (Å²) in [5, 5.41) is 5.84. The van der Waals surface area contributed by atoms with Gasteiger partial charge in [-0.3, -0.25) is 4.98 Å². The smallest absolute Gasteiger partial charge is 0.319 e. The van der Waals surface area contributed by atoms with E-state index in [4.69, 9.17) is 4.74 Å². The third kappa shape index (κ3) is 3.95. The molecule has 0 unspecified atom stereocenters. The van der Waals surface area contributed by atoms with Gasteiger partial charge in [0.25, 0.3) is 0 Å². The number of hydrogen-bond donors (Lipinski definition) is 2. The lowest BCUT2D eigenvalue weighted by atomic mass is 10.0. The van der Waals surface area contributed by atoms with Crippen LogP contribution in [-0.4, -0.2) is 37.3 Å². The van der Waals surface area contributed by atoms with Gasteiger partial charge in [0.15, 0.2) is 0 Å². The van der Waals surface area contributed by atoms with E-state index in [0.29, 0.717) is 5.69 Å². The molecule has 6 nitrogen and oxygen atoms in total. The fourth-order valence-corrected chi connectivity index (χ4v) is 2.95. The molecule has 2 heterocycles. The summed E-state index contributed by atoms with van der Waals surface area (Å²) in [5.74, 6) is 0.887. The fraction of sp³-hybridized carbons (Fsp3) is 0.333. The van der Waals surface area contributed by atoms with Gasteiger partial charge in [-0.2, -0.15) is 0 Å². The number of urea groups is 1. The second-order valence-corrected chi connectivity index (χ2v) is 5.77. The Labute approximate surface area is 141 Å². The molecule has 0 bridgehead atoms. The lowest BCUT2D eigenvalue weighted by molar-refractivity contribution is 0.246. The molecule has 0 atom stereocenters. The van der Waals surface area contributed by atoms with Gasteiger partial charge in [0, 0.05) is 25.3 Å². The lowest BCUT2D eigenvalue weighted by Gasteiger charge is -2.34. The van der Waals surface area contributed by atoms with Crippen LogP contribution in [0, 0.1) is 0 Å². The largest absolute Gasteiger partial charge is 0.495 e. The highest BCUT2D eigenvalue weighted by Crippen LogP contribution is 2.29.